The molecule has 0 amide bonds. The van der Waals surface area contributed by atoms with E-state index in [1.54, 1.807) is 0 Å². The van der Waals surface area contributed by atoms with Crippen LogP contribution in [0.5, 0.6) is 0 Å². The van der Waals surface area contributed by atoms with Crippen LogP contribution in [0.1, 0.15) is 22.3 Å². The molecule has 0 aliphatic carbocycles. The topological polar surface area (TPSA) is 45.5 Å². The molecule has 0 bridgehead atoms. The second kappa shape index (κ2) is 6.52. The van der Waals surface area contributed by atoms with Gasteiger partial charge in [0.2, 0.25) is 0 Å². The summed E-state index contributed by atoms with van der Waals surface area (Å²) in [7, 11) is 4.16. The van der Waals surface area contributed by atoms with Gasteiger partial charge in [-0.2, -0.15) is 0 Å². The summed E-state index contributed by atoms with van der Waals surface area (Å²) in [5.41, 5.74) is 3.86. The minimum Gasteiger partial charge on any atom is -0.392 e. The minimum atomic E-state index is 0.0244. The summed E-state index contributed by atoms with van der Waals surface area (Å²) in [6, 6.07) is 11.9. The summed E-state index contributed by atoms with van der Waals surface area (Å²) in [4.78, 5) is 13.3. The van der Waals surface area contributed by atoms with Crippen LogP contribution in [0.25, 0.3) is 21.8 Å². The van der Waals surface area contributed by atoms with Crippen LogP contribution in [0.2, 0.25) is 0 Å². The summed E-state index contributed by atoms with van der Waals surface area (Å²) in [6.07, 6.45) is 1.94. The van der Waals surface area contributed by atoms with Crippen LogP contribution in [0.3, 0.4) is 0 Å². The van der Waals surface area contributed by atoms with Gasteiger partial charge in [0.1, 0.15) is 6.29 Å². The Kier molecular flexibility index (Phi) is 4.46. The van der Waals surface area contributed by atoms with E-state index in [4.69, 9.17) is 0 Å². The van der Waals surface area contributed by atoms with Crippen molar-refractivity contribution in [2.45, 2.75) is 19.6 Å². The number of hydrogen-bond acceptors (Lipinski definition) is 3. The molecule has 0 saturated carbocycles. The number of aromatic nitrogens is 1. The molecule has 4 heteroatoms. The van der Waals surface area contributed by atoms with Crippen molar-refractivity contribution in [3.8, 4) is 0 Å². The SMILES string of the molecule is CN(C)CCCn1c2ccc(C=O)cc2c2cc(CO)ccc21. The predicted molar refractivity (Wildman–Crippen MR) is 93.9 cm³/mol. The van der Waals surface area contributed by atoms with Crippen molar-refractivity contribution >= 4 is 28.1 Å². The molecule has 0 radical (unpaired) electrons. The number of carbonyl (C=O) groups excluding carboxylic acids is 1. The molecule has 2 aromatic carbocycles. The highest BCUT2D eigenvalue weighted by atomic mass is 16.3. The normalized spacial score (nSPS) is 11.7. The minimum absolute atomic E-state index is 0.0244. The number of rotatable bonds is 6. The molecule has 0 saturated heterocycles. The van der Waals surface area contributed by atoms with Gasteiger partial charge in [0, 0.05) is 33.9 Å². The summed E-state index contributed by atoms with van der Waals surface area (Å²) < 4.78 is 2.31. The Bertz CT molecular complexity index is 849. The first kappa shape index (κ1) is 15.7. The quantitative estimate of drug-likeness (QED) is 0.712. The van der Waals surface area contributed by atoms with Crippen molar-refractivity contribution in [2.24, 2.45) is 0 Å². The smallest absolute Gasteiger partial charge is 0.150 e. The molecule has 0 aliphatic heterocycles. The molecule has 1 aromatic heterocycles. The highest BCUT2D eigenvalue weighted by Crippen LogP contribution is 2.30. The van der Waals surface area contributed by atoms with Gasteiger partial charge in [0.25, 0.3) is 0 Å². The van der Waals surface area contributed by atoms with Gasteiger partial charge >= 0.3 is 0 Å². The second-order valence-electron chi connectivity index (χ2n) is 6.21. The molecule has 4 nitrogen and oxygen atoms in total. The van der Waals surface area contributed by atoms with E-state index in [-0.39, 0.29) is 6.61 Å². The van der Waals surface area contributed by atoms with E-state index in [2.05, 4.69) is 29.6 Å². The molecule has 1 heterocycles. The third-order valence-electron chi connectivity index (χ3n) is 4.26. The Hall–Kier alpha value is -2.17. The van der Waals surface area contributed by atoms with E-state index in [0.29, 0.717) is 5.56 Å². The Morgan fingerprint density at radius 1 is 1.09 bits per heavy atom. The maximum atomic E-state index is 11.1. The molecular weight excluding hydrogens is 288 g/mol. The molecule has 120 valence electrons. The fourth-order valence-electron chi connectivity index (χ4n) is 3.13. The van der Waals surface area contributed by atoms with E-state index in [0.717, 1.165) is 53.2 Å². The maximum Gasteiger partial charge on any atom is 0.150 e. The van der Waals surface area contributed by atoms with Gasteiger partial charge in [-0.05, 0) is 63.0 Å². The molecule has 1 N–H and O–H groups in total. The second-order valence-corrected chi connectivity index (χ2v) is 6.21. The molecule has 0 fully saturated rings. The van der Waals surface area contributed by atoms with Gasteiger partial charge in [-0.1, -0.05) is 6.07 Å². The van der Waals surface area contributed by atoms with Gasteiger partial charge in [-0.3, -0.25) is 4.79 Å². The largest absolute Gasteiger partial charge is 0.392 e. The van der Waals surface area contributed by atoms with E-state index < -0.39 is 0 Å². The number of hydrogen-bond donors (Lipinski definition) is 1. The number of carbonyl (C=O) groups is 1. The summed E-state index contributed by atoms with van der Waals surface area (Å²) in [6.45, 7) is 1.98. The van der Waals surface area contributed by atoms with Gasteiger partial charge < -0.3 is 14.6 Å². The molecule has 3 aromatic rings. The lowest BCUT2D eigenvalue weighted by Crippen LogP contribution is -2.15. The zero-order valence-corrected chi connectivity index (χ0v) is 13.6. The molecular formula is C19H22N2O2. The predicted octanol–water partition coefficient (Wildman–Crippen LogP) is 3.05. The number of aliphatic hydroxyl groups excluding tert-OH is 1. The van der Waals surface area contributed by atoms with Crippen molar-refractivity contribution in [3.05, 3.63) is 47.5 Å². The maximum absolute atomic E-state index is 11.1. The molecule has 0 aliphatic rings. The van der Waals surface area contributed by atoms with Crippen LogP contribution in [0.15, 0.2) is 36.4 Å². The van der Waals surface area contributed by atoms with Crippen molar-refractivity contribution in [1.82, 2.24) is 9.47 Å². The third kappa shape index (κ3) is 3.00. The Labute approximate surface area is 135 Å². The fraction of sp³-hybridized carbons (Fsp3) is 0.316. The lowest BCUT2D eigenvalue weighted by atomic mass is 10.1. The average molecular weight is 310 g/mol. The van der Waals surface area contributed by atoms with Crippen LogP contribution >= 0.6 is 0 Å². The van der Waals surface area contributed by atoms with Crippen molar-refractivity contribution < 1.29 is 9.90 Å². The number of benzene rings is 2. The van der Waals surface area contributed by atoms with Crippen molar-refractivity contribution in [3.63, 3.8) is 0 Å². The standard InChI is InChI=1S/C19H22N2O2/c1-20(2)8-3-9-21-18-6-4-14(12-22)10-16(18)17-11-15(13-23)5-7-19(17)21/h4-7,10-12,23H,3,8-9,13H2,1-2H3. The van der Waals surface area contributed by atoms with E-state index in [9.17, 15) is 9.90 Å². The first-order chi connectivity index (χ1) is 11.1. The van der Waals surface area contributed by atoms with Crippen molar-refractivity contribution in [2.75, 3.05) is 20.6 Å². The van der Waals surface area contributed by atoms with E-state index in [1.807, 2.05) is 30.3 Å². The lowest BCUT2D eigenvalue weighted by molar-refractivity contribution is 0.112. The third-order valence-corrected chi connectivity index (χ3v) is 4.26. The summed E-state index contributed by atoms with van der Waals surface area (Å²) >= 11 is 0. The Balaban J connectivity index is 2.17. The molecule has 0 atom stereocenters. The van der Waals surface area contributed by atoms with Crippen LogP contribution < -0.4 is 0 Å². The fourth-order valence-corrected chi connectivity index (χ4v) is 3.13. The zero-order chi connectivity index (χ0) is 16.4. The number of aldehydes is 1. The highest BCUT2D eigenvalue weighted by Gasteiger charge is 2.11. The number of fused-ring (bicyclic) bond motifs is 3. The molecule has 3 rings (SSSR count). The number of aliphatic hydroxyl groups is 1. The van der Waals surface area contributed by atoms with Gasteiger partial charge in [-0.15, -0.1) is 0 Å². The molecule has 0 unspecified atom stereocenters. The Morgan fingerprint density at radius 2 is 1.78 bits per heavy atom. The van der Waals surface area contributed by atoms with E-state index >= 15 is 0 Å². The number of aryl methyl sites for hydroxylation is 1. The first-order valence-electron chi connectivity index (χ1n) is 7.89. The Morgan fingerprint density at radius 3 is 2.43 bits per heavy atom. The van der Waals surface area contributed by atoms with Crippen LogP contribution in [0.4, 0.5) is 0 Å². The molecule has 0 spiro atoms. The van der Waals surface area contributed by atoms with Crippen LogP contribution in [0, 0.1) is 0 Å². The van der Waals surface area contributed by atoms with Crippen LogP contribution in [-0.2, 0) is 13.2 Å². The van der Waals surface area contributed by atoms with Gasteiger partial charge in [0.15, 0.2) is 0 Å². The summed E-state index contributed by atoms with van der Waals surface area (Å²) in [5, 5.41) is 11.6. The first-order valence-corrected chi connectivity index (χ1v) is 7.89. The summed E-state index contributed by atoms with van der Waals surface area (Å²) in [5.74, 6) is 0. The lowest BCUT2D eigenvalue weighted by Gasteiger charge is -2.11. The average Bonchev–Trinajstić information content (AvgIpc) is 2.87. The van der Waals surface area contributed by atoms with Gasteiger partial charge in [-0.25, -0.2) is 0 Å². The molecule has 23 heavy (non-hydrogen) atoms. The highest BCUT2D eigenvalue weighted by molar-refractivity contribution is 6.09. The number of nitrogens with zero attached hydrogens (tertiary/aromatic N) is 2. The zero-order valence-electron chi connectivity index (χ0n) is 13.6. The van der Waals surface area contributed by atoms with Gasteiger partial charge in [0.05, 0.1) is 6.61 Å². The van der Waals surface area contributed by atoms with E-state index in [1.165, 1.54) is 0 Å². The van der Waals surface area contributed by atoms with Crippen molar-refractivity contribution in [1.29, 1.82) is 0 Å². The monoisotopic (exact) mass is 310 g/mol. The van der Waals surface area contributed by atoms with Crippen LogP contribution in [-0.4, -0.2) is 41.5 Å².